The molecule has 286 valence electrons. The second-order valence-corrected chi connectivity index (χ2v) is 12.4. The molecule has 0 saturated carbocycles. The van der Waals surface area contributed by atoms with Crippen molar-refractivity contribution in [1.29, 1.82) is 0 Å². The number of allylic oxidation sites excluding steroid dienone is 2. The molecular weight excluding hydrogens is 724 g/mol. The van der Waals surface area contributed by atoms with Gasteiger partial charge in [0, 0.05) is 69.3 Å². The number of aromatic nitrogens is 9. The summed E-state index contributed by atoms with van der Waals surface area (Å²) in [4.78, 5) is 82.5. The summed E-state index contributed by atoms with van der Waals surface area (Å²) in [6.07, 6.45) is 14.0. The summed E-state index contributed by atoms with van der Waals surface area (Å²) in [5.41, 5.74) is 13.2. The highest BCUT2D eigenvalue weighted by Crippen LogP contribution is 2.31. The number of primary amides is 2. The van der Waals surface area contributed by atoms with Gasteiger partial charge in [-0.05, 0) is 24.6 Å². The van der Waals surface area contributed by atoms with E-state index in [0.29, 0.717) is 54.2 Å². The maximum atomic E-state index is 13.3. The van der Waals surface area contributed by atoms with Crippen molar-refractivity contribution in [3.05, 3.63) is 96.2 Å². The molecule has 1 aliphatic heterocycles. The summed E-state index contributed by atoms with van der Waals surface area (Å²) in [6, 6.07) is 4.58. The van der Waals surface area contributed by atoms with E-state index in [2.05, 4.69) is 50.4 Å². The number of benzene rings is 1. The van der Waals surface area contributed by atoms with Crippen LogP contribution in [-0.2, 0) is 17.8 Å². The average Bonchev–Trinajstić information content (AvgIpc) is 3.74. The lowest BCUT2D eigenvalue weighted by molar-refractivity contribution is 0.0358. The van der Waals surface area contributed by atoms with Gasteiger partial charge in [-0.1, -0.05) is 12.2 Å². The number of rotatable bonds is 15. The molecule has 0 radical (unpaired) electrons. The molecule has 20 heteroatoms. The minimum Gasteiger partial charge on any atom is -0.491 e. The molecule has 1 aromatic carbocycles. The van der Waals surface area contributed by atoms with E-state index in [9.17, 15) is 19.2 Å². The van der Waals surface area contributed by atoms with E-state index in [0.717, 1.165) is 19.6 Å². The Kier molecular flexibility index (Phi) is 11.2. The number of pyridine rings is 1. The summed E-state index contributed by atoms with van der Waals surface area (Å²) in [5.74, 6) is -1.85. The van der Waals surface area contributed by atoms with Gasteiger partial charge in [0.05, 0.1) is 43.3 Å². The molecule has 1 aliphatic rings. The Hall–Kier alpha value is -7.19. The van der Waals surface area contributed by atoms with Gasteiger partial charge >= 0.3 is 0 Å². The number of nitrogens with zero attached hydrogens (tertiary/aromatic N) is 10. The molecule has 56 heavy (non-hydrogen) atoms. The summed E-state index contributed by atoms with van der Waals surface area (Å²) >= 11 is 0. The number of carbonyl (C=O) groups is 4. The van der Waals surface area contributed by atoms with E-state index in [1.54, 1.807) is 27.4 Å². The second kappa shape index (κ2) is 16.9. The third kappa shape index (κ3) is 8.45. The second-order valence-electron chi connectivity index (χ2n) is 12.4. The zero-order chi connectivity index (χ0) is 39.0. The predicted octanol–water partition coefficient (Wildman–Crippen LogP) is 1.42. The van der Waals surface area contributed by atoms with Crippen molar-refractivity contribution < 1.29 is 28.7 Å². The molecule has 6 aromatic rings. The Morgan fingerprint density at radius 1 is 0.750 bits per heavy atom. The maximum Gasteiger partial charge on any atom is 0.278 e. The van der Waals surface area contributed by atoms with Crippen molar-refractivity contribution in [3.8, 4) is 5.75 Å². The minimum absolute atomic E-state index is 0.0640. The SMILES string of the molecule is NC(=O)c1cnc2c(c1)nc(NC(=O)c1cnccn1)n2CC=CCn1c(NC(=O)c2cnccn2)nc2cc(C(N)=O)cc(OCCCN3CCOCC3)c21. The number of carbonyl (C=O) groups excluding carboxylic acids is 4. The van der Waals surface area contributed by atoms with E-state index >= 15 is 0 Å². The van der Waals surface area contributed by atoms with Gasteiger partial charge in [0.1, 0.15) is 28.2 Å². The number of nitrogens with one attached hydrogen (secondary N) is 2. The van der Waals surface area contributed by atoms with Crippen molar-refractivity contribution in [2.75, 3.05) is 50.1 Å². The first-order chi connectivity index (χ1) is 27.2. The predicted molar refractivity (Wildman–Crippen MR) is 201 cm³/mol. The van der Waals surface area contributed by atoms with E-state index in [4.69, 9.17) is 20.9 Å². The van der Waals surface area contributed by atoms with Crippen molar-refractivity contribution >= 4 is 57.7 Å². The van der Waals surface area contributed by atoms with Crippen LogP contribution >= 0.6 is 0 Å². The Morgan fingerprint density at radius 3 is 1.98 bits per heavy atom. The van der Waals surface area contributed by atoms with Crippen molar-refractivity contribution in [1.82, 2.24) is 48.9 Å². The average molecular weight is 761 g/mol. The summed E-state index contributed by atoms with van der Waals surface area (Å²) in [6.45, 7) is 4.47. The molecule has 0 atom stereocenters. The molecular formula is C36H36N14O6. The zero-order valence-corrected chi connectivity index (χ0v) is 29.9. The normalized spacial score (nSPS) is 13.3. The van der Waals surface area contributed by atoms with Crippen molar-refractivity contribution in [2.45, 2.75) is 19.5 Å². The first kappa shape index (κ1) is 37.1. The number of ether oxygens (including phenoxy) is 2. The highest BCUT2D eigenvalue weighted by atomic mass is 16.5. The summed E-state index contributed by atoms with van der Waals surface area (Å²) in [5, 5.41) is 5.55. The van der Waals surface area contributed by atoms with E-state index in [1.165, 1.54) is 55.5 Å². The van der Waals surface area contributed by atoms with Crippen LogP contribution in [0.1, 0.15) is 48.1 Å². The molecule has 20 nitrogen and oxygen atoms in total. The maximum absolute atomic E-state index is 13.3. The van der Waals surface area contributed by atoms with Crippen LogP contribution in [0, 0.1) is 0 Å². The third-order valence-corrected chi connectivity index (χ3v) is 8.73. The van der Waals surface area contributed by atoms with Gasteiger partial charge in [-0.25, -0.2) is 24.9 Å². The molecule has 6 heterocycles. The number of hydrogen-bond acceptors (Lipinski definition) is 14. The molecule has 0 unspecified atom stereocenters. The highest BCUT2D eigenvalue weighted by Gasteiger charge is 2.21. The molecule has 1 saturated heterocycles. The van der Waals surface area contributed by atoms with Gasteiger partial charge in [-0.3, -0.25) is 49.2 Å². The lowest BCUT2D eigenvalue weighted by Crippen LogP contribution is -2.37. The minimum atomic E-state index is -0.683. The topological polar surface area (TPSA) is 266 Å². The Morgan fingerprint density at radius 2 is 1.36 bits per heavy atom. The Labute approximate surface area is 318 Å². The lowest BCUT2D eigenvalue weighted by atomic mass is 10.1. The van der Waals surface area contributed by atoms with Crippen LogP contribution in [0.2, 0.25) is 0 Å². The monoisotopic (exact) mass is 760 g/mol. The molecule has 0 aliphatic carbocycles. The number of nitrogens with two attached hydrogens (primary N) is 2. The van der Waals surface area contributed by atoms with Crippen LogP contribution in [0.5, 0.6) is 5.75 Å². The highest BCUT2D eigenvalue weighted by molar-refractivity contribution is 6.04. The standard InChI is InChI=1S/C36H36N14O6/c37-30(51)22-16-24-29(28(18-22)56-13-3-8-48-11-14-55-15-12-48)49(35(44-24)46-33(53)26-20-39-4-6-41-26)9-1-2-10-50-32-25(17-23(19-43-32)31(38)52)45-36(50)47-34(54)27-21-40-5-7-42-27/h1-2,4-7,16-21H,3,8-15H2,(H2,37,51)(H2,38,52)(H,44,46,53)(H,45,47,54). The van der Waals surface area contributed by atoms with E-state index < -0.39 is 23.6 Å². The fourth-order valence-electron chi connectivity index (χ4n) is 5.99. The molecule has 0 spiro atoms. The van der Waals surface area contributed by atoms with E-state index in [-0.39, 0.29) is 47.5 Å². The first-order valence-electron chi connectivity index (χ1n) is 17.5. The number of hydrogen-bond donors (Lipinski definition) is 4. The number of amides is 4. The first-order valence-corrected chi connectivity index (χ1v) is 17.5. The number of fused-ring (bicyclic) bond motifs is 2. The van der Waals surface area contributed by atoms with Crippen molar-refractivity contribution in [2.24, 2.45) is 11.5 Å². The number of imidazole rings is 2. The van der Waals surface area contributed by atoms with E-state index in [1.807, 2.05) is 0 Å². The largest absolute Gasteiger partial charge is 0.491 e. The fraction of sp³-hybridized carbons (Fsp3) is 0.250. The van der Waals surface area contributed by atoms with Crippen LogP contribution in [-0.4, -0.2) is 112 Å². The van der Waals surface area contributed by atoms with Gasteiger partial charge in [0.15, 0.2) is 5.65 Å². The smallest absolute Gasteiger partial charge is 0.278 e. The van der Waals surface area contributed by atoms with Crippen LogP contribution in [0.25, 0.3) is 22.2 Å². The summed E-state index contributed by atoms with van der Waals surface area (Å²) < 4.78 is 15.1. The van der Waals surface area contributed by atoms with Crippen LogP contribution in [0.15, 0.2) is 73.7 Å². The van der Waals surface area contributed by atoms with Gasteiger partial charge in [-0.15, -0.1) is 0 Å². The molecule has 6 N–H and O–H groups in total. The van der Waals surface area contributed by atoms with Gasteiger partial charge < -0.3 is 25.5 Å². The third-order valence-electron chi connectivity index (χ3n) is 8.73. The summed E-state index contributed by atoms with van der Waals surface area (Å²) in [7, 11) is 0. The van der Waals surface area contributed by atoms with Crippen molar-refractivity contribution in [3.63, 3.8) is 0 Å². The van der Waals surface area contributed by atoms with Gasteiger partial charge in [0.2, 0.25) is 23.7 Å². The van der Waals surface area contributed by atoms with Gasteiger partial charge in [0.25, 0.3) is 11.8 Å². The molecule has 5 aromatic heterocycles. The molecule has 1 fully saturated rings. The van der Waals surface area contributed by atoms with Gasteiger partial charge in [-0.2, -0.15) is 0 Å². The quantitative estimate of drug-likeness (QED) is 0.0852. The van der Waals surface area contributed by atoms with Crippen LogP contribution < -0.4 is 26.8 Å². The fourth-order valence-corrected chi connectivity index (χ4v) is 5.99. The number of anilines is 2. The molecule has 7 rings (SSSR count). The lowest BCUT2D eigenvalue weighted by Gasteiger charge is -2.26. The molecule has 4 amide bonds. The van der Waals surface area contributed by atoms with Crippen LogP contribution in [0.3, 0.4) is 0 Å². The number of morpholine rings is 1. The molecule has 0 bridgehead atoms. The Balaban J connectivity index is 1.20. The Bertz CT molecular complexity index is 2430. The van der Waals surface area contributed by atoms with Crippen LogP contribution in [0.4, 0.5) is 11.9 Å². The zero-order valence-electron chi connectivity index (χ0n) is 29.9.